The lowest BCUT2D eigenvalue weighted by molar-refractivity contribution is 0.0700. The lowest BCUT2D eigenvalue weighted by Crippen LogP contribution is -2.02. The maximum Gasteiger partial charge on any atom is 0.347 e. The Labute approximate surface area is 134 Å². The van der Waals surface area contributed by atoms with Gasteiger partial charge < -0.3 is 5.11 Å². The minimum absolute atomic E-state index is 0.299. The highest BCUT2D eigenvalue weighted by Crippen LogP contribution is 2.35. The van der Waals surface area contributed by atoms with Gasteiger partial charge in [-0.3, -0.25) is 0 Å². The van der Waals surface area contributed by atoms with Crippen molar-refractivity contribution in [1.82, 2.24) is 4.98 Å². The van der Waals surface area contributed by atoms with E-state index in [-0.39, 0.29) is 0 Å². The van der Waals surface area contributed by atoms with Gasteiger partial charge in [-0.25, -0.2) is 9.78 Å². The van der Waals surface area contributed by atoms with E-state index in [1.807, 2.05) is 26.0 Å². The number of carboxylic acid groups (broad SMARTS) is 1. The summed E-state index contributed by atoms with van der Waals surface area (Å²) in [4.78, 5) is 16.1. The Bertz CT molecular complexity index is 655. The molecule has 1 N–H and O–H groups in total. The van der Waals surface area contributed by atoms with Crippen LogP contribution in [-0.2, 0) is 6.42 Å². The molecule has 0 fully saturated rings. The SMILES string of the molecule is CC(C)Cc1nc(-c2ccc(Br)cc2Cl)sc1C(=O)O. The second kappa shape index (κ2) is 6.24. The van der Waals surface area contributed by atoms with Gasteiger partial charge in [-0.05, 0) is 30.5 Å². The molecule has 20 heavy (non-hydrogen) atoms. The van der Waals surface area contributed by atoms with Crippen molar-refractivity contribution < 1.29 is 9.90 Å². The van der Waals surface area contributed by atoms with Gasteiger partial charge in [0.25, 0.3) is 0 Å². The fourth-order valence-corrected chi connectivity index (χ4v) is 3.61. The monoisotopic (exact) mass is 373 g/mol. The average molecular weight is 375 g/mol. The number of carbonyl (C=O) groups is 1. The maximum atomic E-state index is 11.3. The molecule has 1 aromatic carbocycles. The normalized spacial score (nSPS) is 11.1. The molecular formula is C14H13BrClNO2S. The van der Waals surface area contributed by atoms with Crippen molar-refractivity contribution >= 4 is 44.8 Å². The van der Waals surface area contributed by atoms with E-state index >= 15 is 0 Å². The van der Waals surface area contributed by atoms with Crippen molar-refractivity contribution in [2.75, 3.05) is 0 Å². The zero-order valence-corrected chi connectivity index (χ0v) is 14.1. The second-order valence-corrected chi connectivity index (χ2v) is 7.14. The van der Waals surface area contributed by atoms with Crippen molar-refractivity contribution in [1.29, 1.82) is 0 Å². The summed E-state index contributed by atoms with van der Waals surface area (Å²) in [6.07, 6.45) is 0.645. The van der Waals surface area contributed by atoms with E-state index in [1.165, 1.54) is 11.3 Å². The smallest absolute Gasteiger partial charge is 0.347 e. The molecular weight excluding hydrogens is 362 g/mol. The first-order chi connectivity index (χ1) is 9.38. The topological polar surface area (TPSA) is 50.2 Å². The summed E-state index contributed by atoms with van der Waals surface area (Å²) in [6.45, 7) is 4.08. The van der Waals surface area contributed by atoms with Crippen LogP contribution in [0.15, 0.2) is 22.7 Å². The first kappa shape index (κ1) is 15.5. The Kier molecular flexibility index (Phi) is 4.83. The van der Waals surface area contributed by atoms with Crippen LogP contribution in [0.1, 0.15) is 29.2 Å². The summed E-state index contributed by atoms with van der Waals surface area (Å²) in [5.74, 6) is -0.582. The summed E-state index contributed by atoms with van der Waals surface area (Å²) in [7, 11) is 0. The lowest BCUT2D eigenvalue weighted by Gasteiger charge is -2.02. The molecule has 6 heteroatoms. The van der Waals surface area contributed by atoms with Crippen molar-refractivity contribution in [3.8, 4) is 10.6 Å². The maximum absolute atomic E-state index is 11.3. The van der Waals surface area contributed by atoms with Gasteiger partial charge >= 0.3 is 5.97 Å². The van der Waals surface area contributed by atoms with Crippen LogP contribution in [0.2, 0.25) is 5.02 Å². The quantitative estimate of drug-likeness (QED) is 0.807. The largest absolute Gasteiger partial charge is 0.477 e. The number of halogens is 2. The van der Waals surface area contributed by atoms with E-state index in [9.17, 15) is 9.90 Å². The van der Waals surface area contributed by atoms with Gasteiger partial charge in [-0.15, -0.1) is 11.3 Å². The highest BCUT2D eigenvalue weighted by atomic mass is 79.9. The summed E-state index contributed by atoms with van der Waals surface area (Å²) in [6, 6.07) is 5.49. The first-order valence-corrected chi connectivity index (χ1v) is 8.05. The van der Waals surface area contributed by atoms with E-state index in [4.69, 9.17) is 11.6 Å². The number of nitrogens with zero attached hydrogens (tertiary/aromatic N) is 1. The lowest BCUT2D eigenvalue weighted by atomic mass is 10.1. The van der Waals surface area contributed by atoms with Crippen molar-refractivity contribution in [2.45, 2.75) is 20.3 Å². The Hall–Kier alpha value is -0.910. The molecule has 0 spiro atoms. The number of aromatic carboxylic acids is 1. The van der Waals surface area contributed by atoms with Crippen LogP contribution in [0.25, 0.3) is 10.6 Å². The van der Waals surface area contributed by atoms with E-state index in [0.717, 1.165) is 10.0 Å². The van der Waals surface area contributed by atoms with Crippen LogP contribution >= 0.6 is 38.9 Å². The van der Waals surface area contributed by atoms with Crippen LogP contribution in [0.4, 0.5) is 0 Å². The first-order valence-electron chi connectivity index (χ1n) is 6.07. The third-order valence-electron chi connectivity index (χ3n) is 2.65. The molecule has 1 heterocycles. The Balaban J connectivity index is 2.49. The Morgan fingerprint density at radius 1 is 1.50 bits per heavy atom. The predicted molar refractivity (Wildman–Crippen MR) is 85.8 cm³/mol. The van der Waals surface area contributed by atoms with Gasteiger partial charge in [-0.2, -0.15) is 0 Å². The minimum atomic E-state index is -0.933. The van der Waals surface area contributed by atoms with E-state index in [2.05, 4.69) is 20.9 Å². The molecule has 106 valence electrons. The van der Waals surface area contributed by atoms with Crippen molar-refractivity contribution in [2.24, 2.45) is 5.92 Å². The zero-order chi connectivity index (χ0) is 14.9. The highest BCUT2D eigenvalue weighted by molar-refractivity contribution is 9.10. The summed E-state index contributed by atoms with van der Waals surface area (Å²) >= 11 is 10.7. The fourth-order valence-electron chi connectivity index (χ4n) is 1.82. The standard InChI is InChI=1S/C14H13BrClNO2S/c1-7(2)5-11-12(14(18)19)20-13(17-11)9-4-3-8(15)6-10(9)16/h3-4,6-7H,5H2,1-2H3,(H,18,19). The van der Waals surface area contributed by atoms with E-state index < -0.39 is 5.97 Å². The fraction of sp³-hybridized carbons (Fsp3) is 0.286. The summed E-state index contributed by atoms with van der Waals surface area (Å²) in [5, 5.41) is 10.5. The van der Waals surface area contributed by atoms with Gasteiger partial charge in [0, 0.05) is 10.0 Å². The number of thiazole rings is 1. The molecule has 2 aromatic rings. The van der Waals surface area contributed by atoms with Crippen molar-refractivity contribution in [3.63, 3.8) is 0 Å². The average Bonchev–Trinajstić information content (AvgIpc) is 2.71. The molecule has 2 rings (SSSR count). The molecule has 0 aliphatic carbocycles. The molecule has 0 saturated carbocycles. The third kappa shape index (κ3) is 3.40. The minimum Gasteiger partial charge on any atom is -0.477 e. The van der Waals surface area contributed by atoms with Crippen LogP contribution in [0.5, 0.6) is 0 Å². The van der Waals surface area contributed by atoms with Gasteiger partial charge in [0.1, 0.15) is 9.88 Å². The summed E-state index contributed by atoms with van der Waals surface area (Å²) in [5.41, 5.74) is 1.39. The van der Waals surface area contributed by atoms with Gasteiger partial charge in [0.2, 0.25) is 0 Å². The van der Waals surface area contributed by atoms with Crippen molar-refractivity contribution in [3.05, 3.63) is 38.3 Å². The molecule has 0 bridgehead atoms. The molecule has 0 saturated heterocycles. The van der Waals surface area contributed by atoms with Gasteiger partial charge in [-0.1, -0.05) is 41.4 Å². The number of hydrogen-bond donors (Lipinski definition) is 1. The molecule has 3 nitrogen and oxygen atoms in total. The number of hydrogen-bond acceptors (Lipinski definition) is 3. The molecule has 0 radical (unpaired) electrons. The third-order valence-corrected chi connectivity index (χ3v) is 4.58. The number of carboxylic acids is 1. The van der Waals surface area contributed by atoms with Crippen LogP contribution < -0.4 is 0 Å². The number of benzene rings is 1. The number of aromatic nitrogens is 1. The summed E-state index contributed by atoms with van der Waals surface area (Å²) < 4.78 is 0.878. The van der Waals surface area contributed by atoms with Gasteiger partial charge in [0.15, 0.2) is 0 Å². The van der Waals surface area contributed by atoms with E-state index in [0.29, 0.717) is 32.9 Å². The van der Waals surface area contributed by atoms with Crippen LogP contribution in [0, 0.1) is 5.92 Å². The van der Waals surface area contributed by atoms with E-state index in [1.54, 1.807) is 6.07 Å². The Morgan fingerprint density at radius 2 is 2.20 bits per heavy atom. The molecule has 0 unspecified atom stereocenters. The highest BCUT2D eigenvalue weighted by Gasteiger charge is 2.20. The number of rotatable bonds is 4. The van der Waals surface area contributed by atoms with Crippen LogP contribution in [0.3, 0.4) is 0 Å². The Morgan fingerprint density at radius 3 is 2.75 bits per heavy atom. The molecule has 0 aliphatic rings. The second-order valence-electron chi connectivity index (χ2n) is 4.82. The molecule has 0 atom stereocenters. The molecule has 1 aromatic heterocycles. The van der Waals surface area contributed by atoms with Gasteiger partial charge in [0.05, 0.1) is 10.7 Å². The van der Waals surface area contributed by atoms with Crippen LogP contribution in [-0.4, -0.2) is 16.1 Å². The molecule has 0 aliphatic heterocycles. The zero-order valence-electron chi connectivity index (χ0n) is 11.0. The predicted octanol–water partition coefficient (Wildman–Crippen LogP) is 5.12. The molecule has 0 amide bonds.